The molecule has 8 aliphatic heterocycles. The first-order valence-electron chi connectivity index (χ1n) is 25.9. The van der Waals surface area contributed by atoms with Gasteiger partial charge >= 0.3 is 0 Å². The minimum atomic E-state index is -0.0370. The number of carbonyl (C=O) groups is 4. The average molecular weight is 958 g/mol. The van der Waals surface area contributed by atoms with Crippen LogP contribution in [0.25, 0.3) is 0 Å². The summed E-state index contributed by atoms with van der Waals surface area (Å²) in [5, 5.41) is 1.43. The van der Waals surface area contributed by atoms with Gasteiger partial charge in [0.2, 0.25) is 0 Å². The Morgan fingerprint density at radius 3 is 0.719 bits per heavy atom. The summed E-state index contributed by atoms with van der Waals surface area (Å²) in [5.41, 5.74) is 0. The van der Waals surface area contributed by atoms with E-state index in [-0.39, 0.29) is 24.0 Å². The van der Waals surface area contributed by atoms with E-state index in [0.717, 1.165) is 42.8 Å². The minimum Gasteiger partial charge on any atom is -0.373 e. The van der Waals surface area contributed by atoms with Crippen molar-refractivity contribution in [2.75, 3.05) is 79.1 Å². The molecule has 10 nitrogen and oxygen atoms in total. The van der Waals surface area contributed by atoms with Crippen molar-refractivity contribution >= 4 is 46.7 Å². The maximum atomic E-state index is 10.4. The summed E-state index contributed by atoms with van der Waals surface area (Å²) in [7, 11) is 8.22. The quantitative estimate of drug-likeness (QED) is 0.216. The molecule has 0 aromatic heterocycles. The smallest absolute Gasteiger partial charge is 0.160 e. The Kier molecular flexibility index (Phi) is 73.0. The average Bonchev–Trinajstić information content (AvgIpc) is 4.12. The number of ether oxygens (including phenoxy) is 2. The molecule has 0 saturated carbocycles. The van der Waals surface area contributed by atoms with Crippen LogP contribution in [0.3, 0.4) is 0 Å². The van der Waals surface area contributed by atoms with Gasteiger partial charge in [-0.25, -0.2) is 0 Å². The molecule has 8 fully saturated rings. The third kappa shape index (κ3) is 63.2. The van der Waals surface area contributed by atoms with Crippen LogP contribution in [0.5, 0.6) is 0 Å². The molecule has 8 aliphatic rings. The van der Waals surface area contributed by atoms with Crippen molar-refractivity contribution in [3.05, 3.63) is 0 Å². The minimum absolute atomic E-state index is 0.0370. The van der Waals surface area contributed by atoms with E-state index in [4.69, 9.17) is 4.74 Å². The highest BCUT2D eigenvalue weighted by Gasteiger charge is 2.34. The van der Waals surface area contributed by atoms with E-state index in [0.29, 0.717) is 35.3 Å². The van der Waals surface area contributed by atoms with Gasteiger partial charge in [-0.05, 0) is 81.6 Å². The zero-order valence-corrected chi connectivity index (χ0v) is 49.8. The van der Waals surface area contributed by atoms with Gasteiger partial charge in [0.15, 0.2) is 5.78 Å². The highest BCUT2D eigenvalue weighted by atomic mass is 32.2. The molecule has 0 amide bonds. The lowest BCUT2D eigenvalue weighted by Crippen LogP contribution is -2.04. The van der Waals surface area contributed by atoms with Crippen molar-refractivity contribution in [3.63, 3.8) is 0 Å². The van der Waals surface area contributed by atoms with Gasteiger partial charge in [0.25, 0.3) is 0 Å². The molecular formula is C52H116N4O6S2. The molecule has 0 aromatic rings. The molecule has 64 heavy (non-hydrogen) atoms. The Morgan fingerprint density at radius 1 is 0.438 bits per heavy atom. The molecule has 12 unspecified atom stereocenters. The van der Waals surface area contributed by atoms with Gasteiger partial charge in [-0.1, -0.05) is 138 Å². The normalized spacial score (nSPS) is 28.1. The number of nitrogens with zero attached hydrogens (tertiary/aromatic N) is 4. The van der Waals surface area contributed by atoms with Gasteiger partial charge in [0, 0.05) is 55.0 Å². The van der Waals surface area contributed by atoms with E-state index in [2.05, 4.69) is 68.1 Å². The molecule has 0 radical (unpaired) electrons. The molecule has 12 heteroatoms. The lowest BCUT2D eigenvalue weighted by Gasteiger charge is -1.83. The Labute approximate surface area is 411 Å². The summed E-state index contributed by atoms with van der Waals surface area (Å²) in [6, 6.07) is 2.40. The molecule has 8 rings (SSSR count). The van der Waals surface area contributed by atoms with Gasteiger partial charge in [0.05, 0.1) is 36.7 Å². The van der Waals surface area contributed by atoms with E-state index in [1.165, 1.54) is 51.4 Å². The van der Waals surface area contributed by atoms with E-state index in [9.17, 15) is 19.2 Å². The fourth-order valence-electron chi connectivity index (χ4n) is 3.95. The molecule has 392 valence electrons. The number of hydrogen-bond donors (Lipinski definition) is 0. The van der Waals surface area contributed by atoms with E-state index in [1.807, 2.05) is 135 Å². The van der Waals surface area contributed by atoms with Crippen LogP contribution >= 0.6 is 23.5 Å². The van der Waals surface area contributed by atoms with Gasteiger partial charge in [-0.3, -0.25) is 29.0 Å². The molecule has 0 spiro atoms. The number of hydrogen-bond acceptors (Lipinski definition) is 12. The van der Waals surface area contributed by atoms with Crippen LogP contribution in [0, 0.1) is 0 Å². The van der Waals surface area contributed by atoms with E-state index in [1.54, 1.807) is 32.5 Å². The number of carbonyl (C=O) groups excluding carboxylic acids is 4. The number of thioether (sulfide) groups is 2. The number of rotatable bonds is 8. The van der Waals surface area contributed by atoms with Crippen molar-refractivity contribution < 1.29 is 28.7 Å². The molecule has 0 aromatic carbocycles. The number of Topliss-reactive ketones (excluding diaryl/α,β-unsaturated/α-hetero) is 4. The fraction of sp³-hybridized carbons (Fsp3) is 0.923. The lowest BCUT2D eigenvalue weighted by molar-refractivity contribution is -0.118. The number of ketones is 4. The maximum Gasteiger partial charge on any atom is 0.160 e. The summed E-state index contributed by atoms with van der Waals surface area (Å²) in [6.07, 6.45) is 5.83. The lowest BCUT2D eigenvalue weighted by atomic mass is 10.3. The Morgan fingerprint density at radius 2 is 0.719 bits per heavy atom. The zero-order chi connectivity index (χ0) is 52.6. The monoisotopic (exact) mass is 957 g/mol. The van der Waals surface area contributed by atoms with Gasteiger partial charge in [0.1, 0.15) is 23.5 Å². The van der Waals surface area contributed by atoms with Crippen LogP contribution in [0.4, 0.5) is 0 Å². The predicted octanol–water partition coefficient (Wildman–Crippen LogP) is 12.4. The first-order valence-corrected chi connectivity index (χ1v) is 28.0. The van der Waals surface area contributed by atoms with Crippen LogP contribution in [0.15, 0.2) is 0 Å². The fourth-order valence-corrected chi connectivity index (χ4v) is 5.13. The summed E-state index contributed by atoms with van der Waals surface area (Å²) >= 11 is 3.80. The third-order valence-electron chi connectivity index (χ3n) is 8.87. The van der Waals surface area contributed by atoms with E-state index >= 15 is 0 Å². The second kappa shape index (κ2) is 58.3. The maximum absolute atomic E-state index is 10.4. The molecule has 0 bridgehead atoms. The second-order valence-electron chi connectivity index (χ2n) is 13.7. The molecule has 0 N–H and O–H groups in total. The van der Waals surface area contributed by atoms with Crippen molar-refractivity contribution in [3.8, 4) is 0 Å². The summed E-state index contributed by atoms with van der Waals surface area (Å²) in [6.45, 7) is 53.5. The van der Waals surface area contributed by atoms with E-state index < -0.39 is 0 Å². The first kappa shape index (κ1) is 80.2. The van der Waals surface area contributed by atoms with Crippen LogP contribution < -0.4 is 0 Å². The topological polar surface area (TPSA) is 105 Å². The van der Waals surface area contributed by atoms with Crippen LogP contribution in [0.2, 0.25) is 0 Å². The van der Waals surface area contributed by atoms with Gasteiger partial charge in [-0.15, -0.1) is 11.8 Å². The van der Waals surface area contributed by atoms with Crippen molar-refractivity contribution in [1.82, 2.24) is 19.6 Å². The standard InChI is InChI=1S/2C5H9NO.2C5H11N.C4H6O2.C4H6OS.C4H8O.C4H8S.8C2H6/c2*1-4(7)5-3-6(5)2;2*1-3-5-4-6(5)2;2*1-3(5)4-2-6-4;2*1-2-4-3-5-4;8*1-2/h2*5H,3H2,1-2H3;2*5H,3-4H2,1-2H3;2*4H,2H2,1H3;2*4H,2-3H2,1H3;8*1-2H3. The molecular weight excluding hydrogens is 841 g/mol. The van der Waals surface area contributed by atoms with Crippen molar-refractivity contribution in [1.29, 1.82) is 0 Å². The van der Waals surface area contributed by atoms with Crippen LogP contribution in [-0.2, 0) is 28.7 Å². The SMILES string of the molecule is CC.CC.CC.CC.CC.CC.CC.CC.CC(=O)C1CN1C.CC(=O)C1CN1C.CC(=O)C1CO1.CC(=O)C1CS1.CCC1CN1C.CCC1CN1C.CCC1CO1.CCC1CS1. The summed E-state index contributed by atoms with van der Waals surface area (Å²) in [5.74, 6) is 3.56. The van der Waals surface area contributed by atoms with Crippen LogP contribution in [-0.4, -0.2) is 169 Å². The Hall–Kier alpha value is -0.860. The Balaban J connectivity index is -0.0000000894. The first-order chi connectivity index (χ1) is 30.6. The van der Waals surface area contributed by atoms with Crippen molar-refractivity contribution in [2.24, 2.45) is 0 Å². The third-order valence-corrected chi connectivity index (χ3v) is 11.0. The predicted molar refractivity (Wildman–Crippen MR) is 292 cm³/mol. The highest BCUT2D eigenvalue weighted by Crippen LogP contribution is 2.32. The Bertz CT molecular complexity index is 900. The largest absolute Gasteiger partial charge is 0.373 e. The summed E-state index contributed by atoms with van der Waals surface area (Å²) in [4.78, 5) is 49.7. The highest BCUT2D eigenvalue weighted by molar-refractivity contribution is 8.07. The molecule has 12 atom stereocenters. The summed E-state index contributed by atoms with van der Waals surface area (Å²) < 4.78 is 9.48. The molecule has 0 aliphatic carbocycles. The van der Waals surface area contributed by atoms with Crippen LogP contribution in [0.1, 0.15) is 192 Å². The second-order valence-corrected chi connectivity index (χ2v) is 16.3. The number of likely N-dealkylation sites (N-methyl/N-ethyl adjacent to an activating group) is 4. The molecule has 8 saturated heterocycles. The van der Waals surface area contributed by atoms with Gasteiger partial charge in [-0.2, -0.15) is 11.8 Å². The van der Waals surface area contributed by atoms with Gasteiger partial charge < -0.3 is 19.3 Å². The number of epoxide rings is 2. The molecule has 8 heterocycles. The zero-order valence-electron chi connectivity index (χ0n) is 48.2. The van der Waals surface area contributed by atoms with Crippen molar-refractivity contribution in [2.45, 2.75) is 239 Å².